The number of rotatable bonds is 2. The molecule has 0 amide bonds. The minimum Gasteiger partial charge on any atom is -0.288 e. The lowest BCUT2D eigenvalue weighted by molar-refractivity contribution is 0.0967. The van der Waals surface area contributed by atoms with Gasteiger partial charge in [-0.1, -0.05) is 28.8 Å². The number of hydrogen-bond donors (Lipinski definition) is 0. The van der Waals surface area contributed by atoms with E-state index in [2.05, 4.69) is 52.6 Å². The van der Waals surface area contributed by atoms with Crippen LogP contribution < -0.4 is 0 Å². The van der Waals surface area contributed by atoms with E-state index in [9.17, 15) is 0 Å². The van der Waals surface area contributed by atoms with Crippen molar-refractivity contribution in [3.63, 3.8) is 0 Å². The Hall–Kier alpha value is -1.26. The maximum atomic E-state index is 4.16. The van der Waals surface area contributed by atoms with E-state index < -0.39 is 0 Å². The van der Waals surface area contributed by atoms with Crippen molar-refractivity contribution < 1.29 is 0 Å². The molecule has 3 nitrogen and oxygen atoms in total. The molecule has 0 fully saturated rings. The summed E-state index contributed by atoms with van der Waals surface area (Å²) in [7, 11) is 0. The second kappa shape index (κ2) is 4.44. The Bertz CT molecular complexity index is 534. The van der Waals surface area contributed by atoms with Gasteiger partial charge in [0.2, 0.25) is 0 Å². The Balaban J connectivity index is 1.91. The Morgan fingerprint density at radius 1 is 1.33 bits per heavy atom. The first-order valence-corrected chi connectivity index (χ1v) is 7.11. The van der Waals surface area contributed by atoms with Gasteiger partial charge < -0.3 is 0 Å². The molecule has 94 valence electrons. The van der Waals surface area contributed by atoms with Crippen LogP contribution in [0.5, 0.6) is 0 Å². The molecule has 0 saturated heterocycles. The molecule has 2 heterocycles. The molecule has 0 unspecified atom stereocenters. The predicted molar refractivity (Wildman–Crippen MR) is 73.5 cm³/mol. The van der Waals surface area contributed by atoms with Gasteiger partial charge in [0.15, 0.2) is 0 Å². The van der Waals surface area contributed by atoms with Gasteiger partial charge in [-0.3, -0.25) is 4.90 Å². The van der Waals surface area contributed by atoms with Gasteiger partial charge in [-0.25, -0.2) is 0 Å². The molecule has 4 heteroatoms. The molecule has 1 aliphatic rings. The Kier molecular flexibility index (Phi) is 2.92. The maximum absolute atomic E-state index is 4.16. The highest BCUT2D eigenvalue weighted by molar-refractivity contribution is 7.03. The van der Waals surface area contributed by atoms with Gasteiger partial charge in [-0.05, 0) is 42.9 Å². The summed E-state index contributed by atoms with van der Waals surface area (Å²) >= 11 is 1.43. The standard InChI is InChI=1S/C14H17N3S/c1-14(2)13-6-4-3-5-11(13)7-8-17(14)9-12-10-18-16-15-12/h3-6,10H,7-9H2,1-2H3. The zero-order valence-electron chi connectivity index (χ0n) is 10.8. The number of aromatic nitrogens is 2. The number of fused-ring (bicyclic) bond motifs is 1. The van der Waals surface area contributed by atoms with Crippen molar-refractivity contribution in [3.8, 4) is 0 Å². The summed E-state index contributed by atoms with van der Waals surface area (Å²) in [5, 5.41) is 6.20. The quantitative estimate of drug-likeness (QED) is 0.830. The first-order chi connectivity index (χ1) is 8.68. The van der Waals surface area contributed by atoms with E-state index in [0.29, 0.717) is 0 Å². The number of nitrogens with zero attached hydrogens (tertiary/aromatic N) is 3. The molecule has 2 aromatic rings. The lowest BCUT2D eigenvalue weighted by Gasteiger charge is -2.43. The second-order valence-corrected chi connectivity index (χ2v) is 5.89. The number of hydrogen-bond acceptors (Lipinski definition) is 4. The van der Waals surface area contributed by atoms with Crippen LogP contribution in [-0.2, 0) is 18.5 Å². The Morgan fingerprint density at radius 2 is 2.17 bits per heavy atom. The van der Waals surface area contributed by atoms with E-state index in [1.54, 1.807) is 0 Å². The van der Waals surface area contributed by atoms with E-state index in [-0.39, 0.29) is 5.54 Å². The van der Waals surface area contributed by atoms with Crippen molar-refractivity contribution in [1.29, 1.82) is 0 Å². The molecule has 0 atom stereocenters. The van der Waals surface area contributed by atoms with Gasteiger partial charge in [0.25, 0.3) is 0 Å². The minimum absolute atomic E-state index is 0.0679. The summed E-state index contributed by atoms with van der Waals surface area (Å²) < 4.78 is 3.94. The van der Waals surface area contributed by atoms with Crippen LogP contribution in [0.4, 0.5) is 0 Å². The molecule has 0 bridgehead atoms. The fourth-order valence-electron chi connectivity index (χ4n) is 2.77. The molecule has 1 aromatic heterocycles. The molecule has 0 N–H and O–H groups in total. The summed E-state index contributed by atoms with van der Waals surface area (Å²) in [6.07, 6.45) is 1.12. The highest BCUT2D eigenvalue weighted by Crippen LogP contribution is 2.35. The van der Waals surface area contributed by atoms with Crippen molar-refractivity contribution in [2.75, 3.05) is 6.54 Å². The zero-order chi connectivity index (χ0) is 12.6. The Morgan fingerprint density at radius 3 is 2.94 bits per heavy atom. The predicted octanol–water partition coefficient (Wildman–Crippen LogP) is 2.83. The third-order valence-corrected chi connectivity index (χ3v) is 4.43. The SMILES string of the molecule is CC1(C)c2ccccc2CCN1Cc1csnn1. The lowest BCUT2D eigenvalue weighted by atomic mass is 9.83. The number of benzene rings is 1. The van der Waals surface area contributed by atoms with Crippen LogP contribution in [0.3, 0.4) is 0 Å². The Labute approximate surface area is 112 Å². The van der Waals surface area contributed by atoms with Gasteiger partial charge >= 0.3 is 0 Å². The van der Waals surface area contributed by atoms with Gasteiger partial charge in [-0.2, -0.15) is 0 Å². The largest absolute Gasteiger partial charge is 0.288 e. The fourth-order valence-corrected chi connectivity index (χ4v) is 3.21. The molecule has 0 saturated carbocycles. The topological polar surface area (TPSA) is 29.0 Å². The van der Waals surface area contributed by atoms with Gasteiger partial charge in [-0.15, -0.1) is 5.10 Å². The molecule has 0 aliphatic carbocycles. The fraction of sp³-hybridized carbons (Fsp3) is 0.429. The van der Waals surface area contributed by atoms with Crippen molar-refractivity contribution in [2.24, 2.45) is 0 Å². The molecular weight excluding hydrogens is 242 g/mol. The van der Waals surface area contributed by atoms with Crippen LogP contribution in [0.25, 0.3) is 0 Å². The van der Waals surface area contributed by atoms with Crippen molar-refractivity contribution in [1.82, 2.24) is 14.5 Å². The van der Waals surface area contributed by atoms with E-state index in [4.69, 9.17) is 0 Å². The first-order valence-electron chi connectivity index (χ1n) is 6.27. The van der Waals surface area contributed by atoms with Crippen molar-refractivity contribution in [2.45, 2.75) is 32.4 Å². The summed E-state index contributed by atoms with van der Waals surface area (Å²) in [4.78, 5) is 2.49. The van der Waals surface area contributed by atoms with Crippen LogP contribution in [-0.4, -0.2) is 21.0 Å². The highest BCUT2D eigenvalue weighted by atomic mass is 32.1. The molecular formula is C14H17N3S. The minimum atomic E-state index is 0.0679. The van der Waals surface area contributed by atoms with Crippen molar-refractivity contribution >= 4 is 11.5 Å². The maximum Gasteiger partial charge on any atom is 0.0895 e. The highest BCUT2D eigenvalue weighted by Gasteiger charge is 2.34. The zero-order valence-corrected chi connectivity index (χ0v) is 11.6. The summed E-state index contributed by atoms with van der Waals surface area (Å²) in [5.41, 5.74) is 4.07. The molecule has 1 aliphatic heterocycles. The smallest absolute Gasteiger partial charge is 0.0895 e. The van der Waals surface area contributed by atoms with Crippen LogP contribution in [0.1, 0.15) is 30.7 Å². The van der Waals surface area contributed by atoms with E-state index >= 15 is 0 Å². The second-order valence-electron chi connectivity index (χ2n) is 5.28. The first kappa shape index (κ1) is 11.8. The van der Waals surface area contributed by atoms with Crippen LogP contribution in [0.15, 0.2) is 29.6 Å². The average molecular weight is 259 g/mol. The van der Waals surface area contributed by atoms with Crippen LogP contribution in [0, 0.1) is 0 Å². The van der Waals surface area contributed by atoms with Crippen molar-refractivity contribution in [3.05, 3.63) is 46.5 Å². The summed E-state index contributed by atoms with van der Waals surface area (Å²) in [5.74, 6) is 0. The van der Waals surface area contributed by atoms with E-state index in [0.717, 1.165) is 25.2 Å². The third kappa shape index (κ3) is 1.95. The normalized spacial score (nSPS) is 18.6. The van der Waals surface area contributed by atoms with E-state index in [1.165, 1.54) is 22.7 Å². The molecule has 18 heavy (non-hydrogen) atoms. The molecule has 3 rings (SSSR count). The summed E-state index contributed by atoms with van der Waals surface area (Å²) in [6.45, 7) is 6.56. The molecule has 0 radical (unpaired) electrons. The molecule has 0 spiro atoms. The van der Waals surface area contributed by atoms with Crippen LogP contribution >= 0.6 is 11.5 Å². The average Bonchev–Trinajstić information content (AvgIpc) is 2.86. The lowest BCUT2D eigenvalue weighted by Crippen LogP contribution is -2.46. The van der Waals surface area contributed by atoms with Gasteiger partial charge in [0.05, 0.1) is 5.69 Å². The van der Waals surface area contributed by atoms with E-state index in [1.807, 2.05) is 5.38 Å². The third-order valence-electron chi connectivity index (χ3n) is 3.88. The monoisotopic (exact) mass is 259 g/mol. The van der Waals surface area contributed by atoms with Crippen LogP contribution in [0.2, 0.25) is 0 Å². The summed E-state index contributed by atoms with van der Waals surface area (Å²) in [6, 6.07) is 8.77. The van der Waals surface area contributed by atoms with Gasteiger partial charge in [0, 0.05) is 24.0 Å². The molecule has 1 aromatic carbocycles. The van der Waals surface area contributed by atoms with Gasteiger partial charge in [0.1, 0.15) is 0 Å².